The van der Waals surface area contributed by atoms with E-state index in [1.54, 1.807) is 6.92 Å². The fourth-order valence-electron chi connectivity index (χ4n) is 1.55. The van der Waals surface area contributed by atoms with Crippen LogP contribution in [0.4, 0.5) is 30.5 Å². The number of hydrogen-bond donors (Lipinski definition) is 1. The summed E-state index contributed by atoms with van der Waals surface area (Å²) in [5.41, 5.74) is 4.94. The van der Waals surface area contributed by atoms with Crippen LogP contribution < -0.4 is 10.6 Å². The topological polar surface area (TPSA) is 85.3 Å². The number of hydrogen-bond acceptors (Lipinski definition) is 5. The Morgan fingerprint density at radius 2 is 2.11 bits per heavy atom. The Balaban J connectivity index is 3.03. The fourth-order valence-corrected chi connectivity index (χ4v) is 1.55. The van der Waals surface area contributed by atoms with E-state index in [4.69, 9.17) is 5.73 Å². The molecule has 0 unspecified atom stereocenters. The van der Waals surface area contributed by atoms with Crippen LogP contribution in [0.1, 0.15) is 13.3 Å². The zero-order chi connectivity index (χ0) is 14.6. The molecule has 0 saturated carbocycles. The molecule has 9 heteroatoms. The van der Waals surface area contributed by atoms with Gasteiger partial charge >= 0.3 is 11.9 Å². The smallest absolute Gasteiger partial charge is 0.378 e. The minimum Gasteiger partial charge on any atom is -0.378 e. The summed E-state index contributed by atoms with van der Waals surface area (Å²) in [5.74, 6) is -0.423. The van der Waals surface area contributed by atoms with Gasteiger partial charge in [0.25, 0.3) is 0 Å². The zero-order valence-corrected chi connectivity index (χ0v) is 10.1. The molecule has 2 N–H and O–H groups in total. The van der Waals surface area contributed by atoms with Gasteiger partial charge < -0.3 is 10.6 Å². The van der Waals surface area contributed by atoms with E-state index in [1.165, 1.54) is 0 Å². The second-order valence-electron chi connectivity index (χ2n) is 3.87. The number of nitrogens with zero attached hydrogens (tertiary/aromatic N) is 3. The molecule has 0 aliphatic heterocycles. The Bertz CT molecular complexity index is 465. The van der Waals surface area contributed by atoms with Crippen molar-refractivity contribution in [1.82, 2.24) is 4.98 Å². The van der Waals surface area contributed by atoms with Crippen LogP contribution in [-0.2, 0) is 0 Å². The highest BCUT2D eigenvalue weighted by atomic mass is 19.4. The molecule has 6 nitrogen and oxygen atoms in total. The lowest BCUT2D eigenvalue weighted by atomic mass is 10.3. The molecule has 0 aliphatic rings. The molecular formula is C10H13F3N4O2. The van der Waals surface area contributed by atoms with Crippen molar-refractivity contribution in [3.05, 3.63) is 22.2 Å². The molecule has 0 aliphatic carbocycles. The van der Waals surface area contributed by atoms with Crippen molar-refractivity contribution in [3.63, 3.8) is 0 Å². The molecule has 19 heavy (non-hydrogen) atoms. The number of halogens is 3. The van der Waals surface area contributed by atoms with Gasteiger partial charge in [-0.2, -0.15) is 13.2 Å². The average Bonchev–Trinajstić information content (AvgIpc) is 2.26. The highest BCUT2D eigenvalue weighted by molar-refractivity contribution is 5.58. The third-order valence-corrected chi connectivity index (χ3v) is 2.27. The molecule has 1 heterocycles. The fraction of sp³-hybridized carbons (Fsp3) is 0.500. The van der Waals surface area contributed by atoms with Gasteiger partial charge in [-0.15, -0.1) is 0 Å². The summed E-state index contributed by atoms with van der Waals surface area (Å²) in [6.45, 7) is 0.674. The Morgan fingerprint density at radius 3 is 2.53 bits per heavy atom. The molecule has 0 atom stereocenters. The Kier molecular flexibility index (Phi) is 4.52. The summed E-state index contributed by atoms with van der Waals surface area (Å²) in [7, 11) is 0. The van der Waals surface area contributed by atoms with Crippen LogP contribution in [0, 0.1) is 10.1 Å². The van der Waals surface area contributed by atoms with E-state index in [2.05, 4.69) is 4.98 Å². The molecule has 1 aromatic rings. The second-order valence-corrected chi connectivity index (χ2v) is 3.87. The van der Waals surface area contributed by atoms with E-state index in [9.17, 15) is 23.3 Å². The van der Waals surface area contributed by atoms with Gasteiger partial charge in [0, 0.05) is 12.6 Å². The van der Waals surface area contributed by atoms with E-state index in [-0.39, 0.29) is 12.4 Å². The van der Waals surface area contributed by atoms with Crippen LogP contribution in [-0.4, -0.2) is 29.2 Å². The Hall–Kier alpha value is -2.06. The van der Waals surface area contributed by atoms with Crippen molar-refractivity contribution < 1.29 is 18.1 Å². The molecule has 1 aromatic heterocycles. The van der Waals surface area contributed by atoms with Crippen LogP contribution in [0.5, 0.6) is 0 Å². The van der Waals surface area contributed by atoms with Gasteiger partial charge in [-0.1, -0.05) is 6.92 Å². The van der Waals surface area contributed by atoms with E-state index in [0.29, 0.717) is 6.42 Å². The standard InChI is InChI=1S/C10H13F3N4O2/c1-2-5-16(6-10(11,12)13)8-4-3-7(17(18)19)9(14)15-8/h3-4H,2,5-6H2,1H3,(H2,14,15). The monoisotopic (exact) mass is 278 g/mol. The average molecular weight is 278 g/mol. The van der Waals surface area contributed by atoms with Gasteiger partial charge in [0.15, 0.2) is 0 Å². The molecule has 106 valence electrons. The second kappa shape index (κ2) is 5.72. The maximum atomic E-state index is 12.4. The highest BCUT2D eigenvalue weighted by Crippen LogP contribution is 2.25. The normalized spacial score (nSPS) is 11.4. The van der Waals surface area contributed by atoms with Crippen molar-refractivity contribution in [2.45, 2.75) is 19.5 Å². The predicted molar refractivity (Wildman–Crippen MR) is 63.9 cm³/mol. The van der Waals surface area contributed by atoms with Crippen LogP contribution >= 0.6 is 0 Å². The summed E-state index contributed by atoms with van der Waals surface area (Å²) in [6.07, 6.45) is -3.90. The van der Waals surface area contributed by atoms with Gasteiger partial charge in [-0.3, -0.25) is 10.1 Å². The summed E-state index contributed by atoms with van der Waals surface area (Å²) in [4.78, 5) is 14.5. The van der Waals surface area contributed by atoms with Crippen LogP contribution in [0.25, 0.3) is 0 Å². The predicted octanol–water partition coefficient (Wildman–Crippen LogP) is 2.35. The van der Waals surface area contributed by atoms with Gasteiger partial charge in [0.2, 0.25) is 5.82 Å². The molecule has 0 amide bonds. The Labute approximate surface area is 107 Å². The number of nitrogen functional groups attached to an aromatic ring is 1. The Morgan fingerprint density at radius 1 is 1.47 bits per heavy atom. The first-order valence-corrected chi connectivity index (χ1v) is 5.47. The van der Waals surface area contributed by atoms with Gasteiger partial charge in [-0.05, 0) is 12.5 Å². The number of alkyl halides is 3. The lowest BCUT2D eigenvalue weighted by molar-refractivity contribution is -0.384. The van der Waals surface area contributed by atoms with Crippen molar-refractivity contribution in [2.75, 3.05) is 23.7 Å². The van der Waals surface area contributed by atoms with Gasteiger partial charge in [0.05, 0.1) is 4.92 Å². The third kappa shape index (κ3) is 4.27. The molecule has 0 aromatic carbocycles. The molecule has 0 bridgehead atoms. The number of aromatic nitrogens is 1. The molecule has 0 radical (unpaired) electrons. The van der Waals surface area contributed by atoms with E-state index in [1.807, 2.05) is 0 Å². The van der Waals surface area contributed by atoms with Crippen molar-refractivity contribution in [3.8, 4) is 0 Å². The first-order valence-electron chi connectivity index (χ1n) is 5.47. The lowest BCUT2D eigenvalue weighted by Gasteiger charge is -2.24. The molecular weight excluding hydrogens is 265 g/mol. The van der Waals surface area contributed by atoms with Crippen LogP contribution in [0.3, 0.4) is 0 Å². The summed E-state index contributed by atoms with van der Waals surface area (Å²) in [6, 6.07) is 2.21. The van der Waals surface area contributed by atoms with E-state index >= 15 is 0 Å². The largest absolute Gasteiger partial charge is 0.405 e. The third-order valence-electron chi connectivity index (χ3n) is 2.27. The lowest BCUT2D eigenvalue weighted by Crippen LogP contribution is -2.35. The van der Waals surface area contributed by atoms with Gasteiger partial charge in [-0.25, -0.2) is 4.98 Å². The van der Waals surface area contributed by atoms with Crippen molar-refractivity contribution >= 4 is 17.3 Å². The number of rotatable bonds is 5. The van der Waals surface area contributed by atoms with E-state index < -0.39 is 29.1 Å². The first kappa shape index (κ1) is 15.0. The maximum absolute atomic E-state index is 12.4. The minimum absolute atomic E-state index is 0.0257. The first-order chi connectivity index (χ1) is 8.74. The SMILES string of the molecule is CCCN(CC(F)(F)F)c1ccc([N+](=O)[O-])c(N)n1. The van der Waals surface area contributed by atoms with Crippen LogP contribution in [0.15, 0.2) is 12.1 Å². The number of nitro groups is 1. The summed E-state index contributed by atoms with van der Waals surface area (Å²) < 4.78 is 37.2. The molecule has 0 saturated heterocycles. The van der Waals surface area contributed by atoms with Gasteiger partial charge in [0.1, 0.15) is 12.4 Å². The minimum atomic E-state index is -4.38. The summed E-state index contributed by atoms with van der Waals surface area (Å²) in [5, 5.41) is 10.5. The van der Waals surface area contributed by atoms with Crippen molar-refractivity contribution in [1.29, 1.82) is 0 Å². The maximum Gasteiger partial charge on any atom is 0.405 e. The number of pyridine rings is 1. The van der Waals surface area contributed by atoms with Crippen molar-refractivity contribution in [2.24, 2.45) is 0 Å². The van der Waals surface area contributed by atoms with Crippen LogP contribution in [0.2, 0.25) is 0 Å². The number of anilines is 2. The molecule has 0 spiro atoms. The van der Waals surface area contributed by atoms with E-state index in [0.717, 1.165) is 17.0 Å². The summed E-state index contributed by atoms with van der Waals surface area (Å²) >= 11 is 0. The zero-order valence-electron chi connectivity index (χ0n) is 10.1. The molecule has 0 fully saturated rings. The molecule has 1 rings (SSSR count). The number of nitrogens with two attached hydrogens (primary N) is 1. The quantitative estimate of drug-likeness (QED) is 0.660. The highest BCUT2D eigenvalue weighted by Gasteiger charge is 2.31.